The second-order valence-corrected chi connectivity index (χ2v) is 5.97. The predicted molar refractivity (Wildman–Crippen MR) is 74.1 cm³/mol. The summed E-state index contributed by atoms with van der Waals surface area (Å²) in [5.74, 6) is 1.80. The minimum Gasteiger partial charge on any atom is -0.367 e. The topological polar surface area (TPSA) is 55.1 Å². The third kappa shape index (κ3) is 2.05. The molecule has 0 spiro atoms. The Morgan fingerprint density at radius 2 is 2.22 bits per heavy atom. The van der Waals surface area contributed by atoms with Crippen molar-refractivity contribution in [1.29, 1.82) is 0 Å². The fourth-order valence-electron chi connectivity index (χ4n) is 1.99. The number of aryl methyl sites for hydroxylation is 1. The van der Waals surface area contributed by atoms with Crippen LogP contribution in [-0.4, -0.2) is 37.4 Å². The molecule has 0 amide bonds. The van der Waals surface area contributed by atoms with Crippen LogP contribution in [0.1, 0.15) is 25.6 Å². The molecule has 0 aromatic carbocycles. The van der Waals surface area contributed by atoms with Gasteiger partial charge in [-0.25, -0.2) is 0 Å². The van der Waals surface area contributed by atoms with Crippen molar-refractivity contribution in [1.82, 2.24) is 19.8 Å². The lowest BCUT2D eigenvalue weighted by Crippen LogP contribution is -2.18. The predicted octanol–water partition coefficient (Wildman–Crippen LogP) is 1.99. The van der Waals surface area contributed by atoms with Gasteiger partial charge in [0.1, 0.15) is 5.82 Å². The highest BCUT2D eigenvalue weighted by Gasteiger charge is 2.41. The van der Waals surface area contributed by atoms with Crippen molar-refractivity contribution in [2.45, 2.75) is 30.9 Å². The molecule has 0 aliphatic heterocycles. The lowest BCUT2D eigenvalue weighted by atomic mass is 10.4. The summed E-state index contributed by atoms with van der Waals surface area (Å²) in [4.78, 5) is 0. The average Bonchev–Trinajstić information content (AvgIpc) is 3.09. The standard InChI is InChI=1S/C12H17N5S/c1-3-10-14-15-11-5-4-9(16-17(10)11)13-8-12(18-2)6-7-12/h4-5H,3,6-8H2,1-2H3,(H,13,16). The van der Waals surface area contributed by atoms with E-state index in [4.69, 9.17) is 0 Å². The first-order valence-electron chi connectivity index (χ1n) is 6.27. The van der Waals surface area contributed by atoms with E-state index in [1.807, 2.05) is 28.4 Å². The molecular weight excluding hydrogens is 246 g/mol. The van der Waals surface area contributed by atoms with Crippen LogP contribution < -0.4 is 5.32 Å². The maximum atomic E-state index is 4.54. The lowest BCUT2D eigenvalue weighted by Gasteiger charge is -2.13. The maximum absolute atomic E-state index is 4.54. The van der Waals surface area contributed by atoms with Crippen LogP contribution in [0.4, 0.5) is 5.82 Å². The second-order valence-electron chi connectivity index (χ2n) is 4.70. The van der Waals surface area contributed by atoms with Gasteiger partial charge in [0.05, 0.1) is 0 Å². The number of aromatic nitrogens is 4. The Hall–Kier alpha value is -1.30. The van der Waals surface area contributed by atoms with Crippen LogP contribution in [0.2, 0.25) is 0 Å². The molecule has 1 saturated carbocycles. The van der Waals surface area contributed by atoms with Crippen LogP contribution in [0, 0.1) is 0 Å². The summed E-state index contributed by atoms with van der Waals surface area (Å²) in [6.07, 6.45) is 5.62. The van der Waals surface area contributed by atoms with Crippen LogP contribution in [0.25, 0.3) is 5.65 Å². The molecule has 0 bridgehead atoms. The van der Waals surface area contributed by atoms with Crippen molar-refractivity contribution in [3.63, 3.8) is 0 Å². The van der Waals surface area contributed by atoms with Gasteiger partial charge in [0.25, 0.3) is 0 Å². The van der Waals surface area contributed by atoms with Crippen molar-refractivity contribution in [2.24, 2.45) is 0 Å². The first-order valence-corrected chi connectivity index (χ1v) is 7.49. The molecule has 2 aromatic rings. The monoisotopic (exact) mass is 263 g/mol. The summed E-state index contributed by atoms with van der Waals surface area (Å²) in [6, 6.07) is 3.93. The molecule has 1 aliphatic rings. The summed E-state index contributed by atoms with van der Waals surface area (Å²) in [5, 5.41) is 16.2. The molecule has 0 unspecified atom stereocenters. The molecule has 2 heterocycles. The summed E-state index contributed by atoms with van der Waals surface area (Å²) in [6.45, 7) is 3.04. The zero-order valence-corrected chi connectivity index (χ0v) is 11.5. The number of nitrogens with zero attached hydrogens (tertiary/aromatic N) is 4. The molecule has 1 N–H and O–H groups in total. The summed E-state index contributed by atoms with van der Waals surface area (Å²) < 4.78 is 2.26. The van der Waals surface area contributed by atoms with Gasteiger partial charge in [0, 0.05) is 17.7 Å². The van der Waals surface area contributed by atoms with Gasteiger partial charge in [-0.1, -0.05) is 6.92 Å². The van der Waals surface area contributed by atoms with E-state index in [1.54, 1.807) is 0 Å². The SMILES string of the molecule is CCc1nnc2ccc(NCC3(SC)CC3)nn12. The smallest absolute Gasteiger partial charge is 0.178 e. The number of thioether (sulfide) groups is 1. The third-order valence-electron chi connectivity index (χ3n) is 3.48. The molecular formula is C12H17N5S. The largest absolute Gasteiger partial charge is 0.367 e. The van der Waals surface area contributed by atoms with E-state index in [9.17, 15) is 0 Å². The fraction of sp³-hybridized carbons (Fsp3) is 0.583. The van der Waals surface area contributed by atoms with Crippen molar-refractivity contribution >= 4 is 23.2 Å². The van der Waals surface area contributed by atoms with Gasteiger partial charge in [0.2, 0.25) is 0 Å². The molecule has 3 rings (SSSR count). The lowest BCUT2D eigenvalue weighted by molar-refractivity contribution is 0.818. The molecule has 0 atom stereocenters. The van der Waals surface area contributed by atoms with E-state index in [0.29, 0.717) is 4.75 Å². The van der Waals surface area contributed by atoms with E-state index in [-0.39, 0.29) is 0 Å². The Labute approximate surface area is 110 Å². The van der Waals surface area contributed by atoms with E-state index in [2.05, 4.69) is 33.8 Å². The highest BCUT2D eigenvalue weighted by Crippen LogP contribution is 2.46. The Morgan fingerprint density at radius 1 is 1.39 bits per heavy atom. The van der Waals surface area contributed by atoms with Crippen molar-refractivity contribution in [3.05, 3.63) is 18.0 Å². The fourth-order valence-corrected chi connectivity index (χ4v) is 2.72. The van der Waals surface area contributed by atoms with Gasteiger partial charge < -0.3 is 5.32 Å². The zero-order valence-electron chi connectivity index (χ0n) is 10.7. The minimum atomic E-state index is 0.442. The molecule has 1 aliphatic carbocycles. The van der Waals surface area contributed by atoms with Crippen LogP contribution in [0.15, 0.2) is 12.1 Å². The highest BCUT2D eigenvalue weighted by molar-refractivity contribution is 8.00. The minimum absolute atomic E-state index is 0.442. The normalized spacial score (nSPS) is 17.0. The van der Waals surface area contributed by atoms with E-state index < -0.39 is 0 Å². The number of hydrogen-bond acceptors (Lipinski definition) is 5. The van der Waals surface area contributed by atoms with Crippen molar-refractivity contribution in [2.75, 3.05) is 18.1 Å². The quantitative estimate of drug-likeness (QED) is 0.894. The van der Waals surface area contributed by atoms with Gasteiger partial charge >= 0.3 is 0 Å². The molecule has 1 fully saturated rings. The van der Waals surface area contributed by atoms with Gasteiger partial charge in [-0.3, -0.25) is 0 Å². The maximum Gasteiger partial charge on any atom is 0.178 e. The number of fused-ring (bicyclic) bond motifs is 1. The van der Waals surface area contributed by atoms with Gasteiger partial charge in [-0.15, -0.1) is 15.3 Å². The molecule has 0 saturated heterocycles. The van der Waals surface area contributed by atoms with Crippen LogP contribution >= 0.6 is 11.8 Å². The van der Waals surface area contributed by atoms with Crippen molar-refractivity contribution in [3.8, 4) is 0 Å². The highest BCUT2D eigenvalue weighted by atomic mass is 32.2. The molecule has 96 valence electrons. The zero-order chi connectivity index (χ0) is 12.6. The molecule has 0 radical (unpaired) electrons. The van der Waals surface area contributed by atoms with Gasteiger partial charge in [-0.05, 0) is 31.2 Å². The third-order valence-corrected chi connectivity index (χ3v) is 4.89. The Morgan fingerprint density at radius 3 is 2.89 bits per heavy atom. The van der Waals surface area contributed by atoms with Crippen LogP contribution in [0.3, 0.4) is 0 Å². The van der Waals surface area contributed by atoms with E-state index >= 15 is 0 Å². The average molecular weight is 263 g/mol. The first kappa shape index (κ1) is 11.8. The Balaban J connectivity index is 1.79. The second kappa shape index (κ2) is 4.42. The number of nitrogens with one attached hydrogen (secondary N) is 1. The van der Waals surface area contributed by atoms with E-state index in [1.165, 1.54) is 12.8 Å². The summed E-state index contributed by atoms with van der Waals surface area (Å²) in [5.41, 5.74) is 0.809. The van der Waals surface area contributed by atoms with E-state index in [0.717, 1.165) is 30.3 Å². The molecule has 6 heteroatoms. The molecule has 2 aromatic heterocycles. The van der Waals surface area contributed by atoms with Crippen LogP contribution in [-0.2, 0) is 6.42 Å². The van der Waals surface area contributed by atoms with Crippen molar-refractivity contribution < 1.29 is 0 Å². The number of rotatable bonds is 5. The van der Waals surface area contributed by atoms with Gasteiger partial charge in [0.15, 0.2) is 11.5 Å². The number of anilines is 1. The molecule has 18 heavy (non-hydrogen) atoms. The Kier molecular flexibility index (Phi) is 2.89. The Bertz CT molecular complexity index is 561. The summed E-state index contributed by atoms with van der Waals surface area (Å²) >= 11 is 1.95. The first-order chi connectivity index (χ1) is 8.76. The van der Waals surface area contributed by atoms with Crippen LogP contribution in [0.5, 0.6) is 0 Å². The number of hydrogen-bond donors (Lipinski definition) is 1. The summed E-state index contributed by atoms with van der Waals surface area (Å²) in [7, 11) is 0. The molecule has 5 nitrogen and oxygen atoms in total. The van der Waals surface area contributed by atoms with Gasteiger partial charge in [-0.2, -0.15) is 16.3 Å².